The number of carbonyl (C=O) groups excluding carboxylic acids is 1. The summed E-state index contributed by atoms with van der Waals surface area (Å²) in [5.41, 5.74) is 6.63. The lowest BCUT2D eigenvalue weighted by Gasteiger charge is -2.38. The Balaban J connectivity index is 0.00000180. The van der Waals surface area contributed by atoms with Gasteiger partial charge in [-0.25, -0.2) is 0 Å². The Morgan fingerprint density at radius 1 is 1.63 bits per heavy atom. The Morgan fingerprint density at radius 2 is 2.37 bits per heavy atom. The summed E-state index contributed by atoms with van der Waals surface area (Å²) in [5, 5.41) is 0. The molecule has 0 bridgehead atoms. The molecule has 1 aromatic heterocycles. The quantitative estimate of drug-likeness (QED) is 0.917. The van der Waals surface area contributed by atoms with Gasteiger partial charge in [-0.1, -0.05) is 0 Å². The number of carbonyl (C=O) groups is 1. The molecule has 0 saturated carbocycles. The molecule has 0 aliphatic carbocycles. The molecule has 1 aliphatic heterocycles. The van der Waals surface area contributed by atoms with Crippen molar-refractivity contribution in [3.63, 3.8) is 0 Å². The fourth-order valence-corrected chi connectivity index (χ4v) is 2.44. The van der Waals surface area contributed by atoms with Gasteiger partial charge in [0.2, 0.25) is 0 Å². The van der Waals surface area contributed by atoms with Crippen LogP contribution in [0, 0.1) is 6.92 Å². The highest BCUT2D eigenvalue weighted by Crippen LogP contribution is 2.22. The zero-order valence-corrected chi connectivity index (χ0v) is 12.1. The topological polar surface area (TPSA) is 68.7 Å². The first-order valence-electron chi connectivity index (χ1n) is 6.25. The highest BCUT2D eigenvalue weighted by atomic mass is 35.5. The van der Waals surface area contributed by atoms with Gasteiger partial charge in [0.25, 0.3) is 5.91 Å². The molecule has 1 aromatic rings. The maximum absolute atomic E-state index is 12.4. The Kier molecular flexibility index (Phi) is 5.85. The van der Waals surface area contributed by atoms with E-state index >= 15 is 0 Å². The number of aryl methyl sites for hydroxylation is 1. The summed E-state index contributed by atoms with van der Waals surface area (Å²) in [5.74, 6) is 0.354. The lowest BCUT2D eigenvalue weighted by molar-refractivity contribution is 0.0124. The molecule has 1 aliphatic rings. The number of likely N-dealkylation sites (tertiary alicyclic amines) is 1. The molecule has 2 N–H and O–H groups in total. The lowest BCUT2D eigenvalue weighted by atomic mass is 9.98. The fraction of sp³-hybridized carbons (Fsp3) is 0.615. The Hall–Kier alpha value is -1.04. The maximum atomic E-state index is 12.4. The number of nitrogens with two attached hydrogens (primary N) is 1. The van der Waals surface area contributed by atoms with Crippen molar-refractivity contribution in [2.75, 3.05) is 20.2 Å². The van der Waals surface area contributed by atoms with Gasteiger partial charge in [-0.2, -0.15) is 0 Å². The smallest absolute Gasteiger partial charge is 0.290 e. The van der Waals surface area contributed by atoms with Crippen LogP contribution in [0.4, 0.5) is 0 Å². The summed E-state index contributed by atoms with van der Waals surface area (Å²) in [4.78, 5) is 14.2. The van der Waals surface area contributed by atoms with Crippen LogP contribution in [-0.2, 0) is 4.74 Å². The number of furan rings is 1. The number of hydrogen-bond acceptors (Lipinski definition) is 4. The molecule has 5 nitrogen and oxygen atoms in total. The largest absolute Gasteiger partial charge is 0.459 e. The second-order valence-electron chi connectivity index (χ2n) is 4.70. The number of nitrogens with zero attached hydrogens (tertiary/aromatic N) is 1. The Bertz CT molecular complexity index is 422. The lowest BCUT2D eigenvalue weighted by Crippen LogP contribution is -2.51. The Labute approximate surface area is 119 Å². The van der Waals surface area contributed by atoms with Crippen molar-refractivity contribution in [3.05, 3.63) is 23.7 Å². The fourth-order valence-electron chi connectivity index (χ4n) is 2.44. The van der Waals surface area contributed by atoms with Gasteiger partial charge in [-0.15, -0.1) is 12.4 Å². The van der Waals surface area contributed by atoms with Gasteiger partial charge in [0, 0.05) is 31.8 Å². The third-order valence-corrected chi connectivity index (χ3v) is 3.59. The van der Waals surface area contributed by atoms with E-state index in [2.05, 4.69) is 0 Å². The van der Waals surface area contributed by atoms with E-state index < -0.39 is 0 Å². The minimum Gasteiger partial charge on any atom is -0.459 e. The summed E-state index contributed by atoms with van der Waals surface area (Å²) < 4.78 is 10.6. The highest BCUT2D eigenvalue weighted by molar-refractivity contribution is 5.93. The average molecular weight is 289 g/mol. The van der Waals surface area contributed by atoms with Crippen molar-refractivity contribution < 1.29 is 13.9 Å². The van der Waals surface area contributed by atoms with E-state index in [1.807, 2.05) is 6.92 Å². The molecule has 2 unspecified atom stereocenters. The van der Waals surface area contributed by atoms with E-state index in [1.54, 1.807) is 24.3 Å². The molecule has 1 saturated heterocycles. The summed E-state index contributed by atoms with van der Waals surface area (Å²) >= 11 is 0. The molecule has 2 atom stereocenters. The second kappa shape index (κ2) is 6.93. The van der Waals surface area contributed by atoms with Crippen molar-refractivity contribution in [2.45, 2.75) is 31.9 Å². The van der Waals surface area contributed by atoms with Crippen LogP contribution in [0.3, 0.4) is 0 Å². The van der Waals surface area contributed by atoms with Crippen LogP contribution in [0.15, 0.2) is 16.7 Å². The molecule has 108 valence electrons. The molecule has 2 heterocycles. The molecular weight excluding hydrogens is 268 g/mol. The van der Waals surface area contributed by atoms with E-state index in [4.69, 9.17) is 14.9 Å². The second-order valence-corrected chi connectivity index (χ2v) is 4.70. The average Bonchev–Trinajstić information content (AvgIpc) is 2.83. The molecule has 1 fully saturated rings. The molecule has 19 heavy (non-hydrogen) atoms. The number of piperidine rings is 1. The van der Waals surface area contributed by atoms with Gasteiger partial charge < -0.3 is 19.8 Å². The standard InChI is InChI=1S/C13H20N2O3.ClH/c1-9-4-6-18-12(9)13(16)15-5-3-11(17-2)7-10(15)8-14;/h4,6,10-11H,3,5,7-8,14H2,1-2H3;1H. The molecule has 6 heteroatoms. The Morgan fingerprint density at radius 3 is 2.89 bits per heavy atom. The first-order valence-corrected chi connectivity index (χ1v) is 6.25. The molecule has 1 amide bonds. The van der Waals surface area contributed by atoms with Crippen molar-refractivity contribution >= 4 is 18.3 Å². The predicted octanol–water partition coefficient (Wildman–Crippen LogP) is 1.59. The van der Waals surface area contributed by atoms with Crippen LogP contribution in [0.25, 0.3) is 0 Å². The van der Waals surface area contributed by atoms with Gasteiger partial charge in [0.1, 0.15) is 0 Å². The van der Waals surface area contributed by atoms with Crippen LogP contribution in [0.2, 0.25) is 0 Å². The SMILES string of the molecule is COC1CCN(C(=O)c2occc2C)C(CN)C1.Cl. The maximum Gasteiger partial charge on any atom is 0.290 e. The minimum absolute atomic E-state index is 0. The van der Waals surface area contributed by atoms with Gasteiger partial charge in [-0.05, 0) is 25.8 Å². The van der Waals surface area contributed by atoms with E-state index in [0.717, 1.165) is 18.4 Å². The van der Waals surface area contributed by atoms with Gasteiger partial charge in [-0.3, -0.25) is 4.79 Å². The van der Waals surface area contributed by atoms with E-state index in [1.165, 1.54) is 0 Å². The van der Waals surface area contributed by atoms with Gasteiger partial charge in [0.05, 0.1) is 12.4 Å². The molecular formula is C13H21ClN2O3. The zero-order chi connectivity index (χ0) is 13.1. The number of amides is 1. The van der Waals surface area contributed by atoms with Crippen LogP contribution in [-0.4, -0.2) is 43.2 Å². The number of ether oxygens (including phenoxy) is 1. The van der Waals surface area contributed by atoms with Crippen molar-refractivity contribution in [1.82, 2.24) is 4.90 Å². The summed E-state index contributed by atoms with van der Waals surface area (Å²) in [7, 11) is 1.70. The number of rotatable bonds is 3. The summed E-state index contributed by atoms with van der Waals surface area (Å²) in [6, 6.07) is 1.83. The van der Waals surface area contributed by atoms with Crippen molar-refractivity contribution in [2.24, 2.45) is 5.73 Å². The third-order valence-electron chi connectivity index (χ3n) is 3.59. The van der Waals surface area contributed by atoms with E-state index in [0.29, 0.717) is 18.8 Å². The molecule has 0 aromatic carbocycles. The summed E-state index contributed by atoms with van der Waals surface area (Å²) in [6.07, 6.45) is 3.37. The molecule has 0 spiro atoms. The highest BCUT2D eigenvalue weighted by Gasteiger charge is 2.32. The first kappa shape index (κ1) is 16.0. The molecule has 2 rings (SSSR count). The summed E-state index contributed by atoms with van der Waals surface area (Å²) in [6.45, 7) is 2.99. The third kappa shape index (κ3) is 3.29. The van der Waals surface area contributed by atoms with Crippen LogP contribution in [0.1, 0.15) is 29.0 Å². The molecule has 0 radical (unpaired) electrons. The van der Waals surface area contributed by atoms with Crippen molar-refractivity contribution in [1.29, 1.82) is 0 Å². The number of methoxy groups -OCH3 is 1. The predicted molar refractivity (Wildman–Crippen MR) is 74.6 cm³/mol. The van der Waals surface area contributed by atoms with Crippen LogP contribution < -0.4 is 5.73 Å². The zero-order valence-electron chi connectivity index (χ0n) is 11.3. The number of halogens is 1. The number of hydrogen-bond donors (Lipinski definition) is 1. The van der Waals surface area contributed by atoms with Crippen LogP contribution in [0.5, 0.6) is 0 Å². The van der Waals surface area contributed by atoms with E-state index in [9.17, 15) is 4.79 Å². The van der Waals surface area contributed by atoms with Crippen molar-refractivity contribution in [3.8, 4) is 0 Å². The monoisotopic (exact) mass is 288 g/mol. The minimum atomic E-state index is -0.0671. The van der Waals surface area contributed by atoms with Crippen LogP contribution >= 0.6 is 12.4 Å². The van der Waals surface area contributed by atoms with Gasteiger partial charge in [0.15, 0.2) is 5.76 Å². The normalized spacial score (nSPS) is 23.0. The first-order chi connectivity index (χ1) is 8.67. The van der Waals surface area contributed by atoms with E-state index in [-0.39, 0.29) is 30.5 Å². The van der Waals surface area contributed by atoms with Gasteiger partial charge >= 0.3 is 0 Å².